The van der Waals surface area contributed by atoms with E-state index in [2.05, 4.69) is 210 Å². The van der Waals surface area contributed by atoms with E-state index in [1.807, 2.05) is 0 Å². The highest BCUT2D eigenvalue weighted by atomic mass is 28.4. The van der Waals surface area contributed by atoms with Gasteiger partial charge < -0.3 is 0 Å². The summed E-state index contributed by atoms with van der Waals surface area (Å²) in [6.07, 6.45) is 1.68. The van der Waals surface area contributed by atoms with Gasteiger partial charge in [-0.15, -0.1) is 0 Å². The van der Waals surface area contributed by atoms with Gasteiger partial charge in [-0.25, -0.2) is 0 Å². The highest BCUT2D eigenvalue weighted by Gasteiger charge is 2.59. The Morgan fingerprint density at radius 3 is 0.771 bits per heavy atom. The van der Waals surface area contributed by atoms with Crippen LogP contribution in [0.25, 0.3) is 0 Å². The number of hydrogen-bond donors (Lipinski definition) is 0. The van der Waals surface area contributed by atoms with Crippen molar-refractivity contribution < 1.29 is 9.15 Å². The smallest absolute Gasteiger partial charge is 0.285 e. The Balaban J connectivity index is 1.60. The van der Waals surface area contributed by atoms with Gasteiger partial charge in [0.1, 0.15) is 0 Å². The maximum Gasteiger partial charge on any atom is 0.304 e. The molecule has 0 saturated carbocycles. The van der Waals surface area contributed by atoms with Crippen molar-refractivity contribution in [1.82, 2.24) is 0 Å². The second-order valence-corrected chi connectivity index (χ2v) is 22.2. The summed E-state index contributed by atoms with van der Waals surface area (Å²) in [5, 5.41) is 4.16. The third-order valence-corrected chi connectivity index (χ3v) is 19.5. The Labute approximate surface area is 289 Å². The predicted molar refractivity (Wildman–Crippen MR) is 206 cm³/mol. The number of rotatable bonds is 13. The SMILES string of the molecule is CC(C)(Cc1ccccc1)[Si](OO[Si](c1ccccc1)(c1ccccc1)C(C)(C)Cc1ccccc1)(c1ccccc1)c1ccccc1. The largest absolute Gasteiger partial charge is 0.304 e. The van der Waals surface area contributed by atoms with Crippen molar-refractivity contribution >= 4 is 37.4 Å². The molecule has 0 aromatic heterocycles. The highest BCUT2D eigenvalue weighted by molar-refractivity contribution is 7.02. The van der Waals surface area contributed by atoms with Crippen LogP contribution >= 0.6 is 0 Å². The molecule has 0 saturated heterocycles. The molecule has 0 fully saturated rings. The van der Waals surface area contributed by atoms with Crippen molar-refractivity contribution in [3.8, 4) is 0 Å². The Morgan fingerprint density at radius 2 is 0.542 bits per heavy atom. The quantitative estimate of drug-likeness (QED) is 0.0702. The van der Waals surface area contributed by atoms with Gasteiger partial charge in [-0.2, -0.15) is 0 Å². The van der Waals surface area contributed by atoms with Gasteiger partial charge in [-0.05, 0) is 54.8 Å². The zero-order chi connectivity index (χ0) is 33.5. The van der Waals surface area contributed by atoms with Crippen LogP contribution in [0.1, 0.15) is 38.8 Å². The molecule has 0 aliphatic heterocycles. The first-order valence-corrected chi connectivity index (χ1v) is 20.8. The monoisotopic (exact) mass is 662 g/mol. The first-order valence-electron chi connectivity index (χ1n) is 17.0. The first-order chi connectivity index (χ1) is 23.3. The minimum Gasteiger partial charge on any atom is -0.285 e. The average molecular weight is 663 g/mol. The van der Waals surface area contributed by atoms with Crippen LogP contribution < -0.4 is 20.7 Å². The van der Waals surface area contributed by atoms with Crippen LogP contribution in [0.4, 0.5) is 0 Å². The van der Waals surface area contributed by atoms with Gasteiger partial charge in [0.15, 0.2) is 0 Å². The molecule has 48 heavy (non-hydrogen) atoms. The minimum absolute atomic E-state index is 0.311. The lowest BCUT2D eigenvalue weighted by Crippen LogP contribution is -2.73. The van der Waals surface area contributed by atoms with Gasteiger partial charge in [0.25, 0.3) is 0 Å². The van der Waals surface area contributed by atoms with Crippen molar-refractivity contribution in [3.63, 3.8) is 0 Å². The van der Waals surface area contributed by atoms with Crippen LogP contribution in [0, 0.1) is 0 Å². The average Bonchev–Trinajstić information content (AvgIpc) is 3.12. The maximum atomic E-state index is 7.64. The maximum absolute atomic E-state index is 7.64. The summed E-state index contributed by atoms with van der Waals surface area (Å²) < 4.78 is 15.3. The molecule has 242 valence electrons. The molecule has 0 unspecified atom stereocenters. The van der Waals surface area contributed by atoms with Gasteiger partial charge in [-0.1, -0.05) is 210 Å². The van der Waals surface area contributed by atoms with E-state index in [0.717, 1.165) is 12.8 Å². The molecule has 0 N–H and O–H groups in total. The van der Waals surface area contributed by atoms with Crippen molar-refractivity contribution in [2.45, 2.75) is 50.6 Å². The minimum atomic E-state index is -3.19. The lowest BCUT2D eigenvalue weighted by molar-refractivity contribution is -0.126. The van der Waals surface area contributed by atoms with E-state index in [1.165, 1.54) is 31.9 Å². The summed E-state index contributed by atoms with van der Waals surface area (Å²) in [4.78, 5) is 0. The van der Waals surface area contributed by atoms with E-state index in [1.54, 1.807) is 0 Å². The van der Waals surface area contributed by atoms with E-state index in [0.29, 0.717) is 0 Å². The molecule has 0 aliphatic rings. The van der Waals surface area contributed by atoms with Crippen molar-refractivity contribution in [2.24, 2.45) is 0 Å². The van der Waals surface area contributed by atoms with Crippen molar-refractivity contribution in [2.75, 3.05) is 0 Å². The first kappa shape index (κ1) is 33.6. The third-order valence-electron chi connectivity index (χ3n) is 9.90. The Morgan fingerprint density at radius 1 is 0.333 bits per heavy atom. The molecule has 6 aromatic carbocycles. The van der Waals surface area contributed by atoms with Crippen LogP contribution in [-0.4, -0.2) is 16.6 Å². The predicted octanol–water partition coefficient (Wildman–Crippen LogP) is 8.50. The van der Waals surface area contributed by atoms with E-state index in [-0.39, 0.29) is 10.1 Å². The van der Waals surface area contributed by atoms with E-state index in [9.17, 15) is 0 Å². The van der Waals surface area contributed by atoms with E-state index in [4.69, 9.17) is 9.15 Å². The molecule has 2 nitrogen and oxygen atoms in total. The fourth-order valence-corrected chi connectivity index (χ4v) is 16.8. The second kappa shape index (κ2) is 14.4. The molecule has 6 rings (SSSR count). The molecule has 0 radical (unpaired) electrons. The van der Waals surface area contributed by atoms with E-state index < -0.39 is 16.6 Å². The molecular weight excluding hydrogens is 617 g/mol. The number of hydrogen-bond acceptors (Lipinski definition) is 2. The zero-order valence-electron chi connectivity index (χ0n) is 28.6. The van der Waals surface area contributed by atoms with Gasteiger partial charge in [-0.3, -0.25) is 9.15 Å². The van der Waals surface area contributed by atoms with Crippen LogP contribution in [-0.2, 0) is 22.0 Å². The molecular formula is C44H46O2Si2. The van der Waals surface area contributed by atoms with Crippen LogP contribution in [0.5, 0.6) is 0 Å². The Hall–Kier alpha value is -4.33. The fraction of sp³-hybridized carbons (Fsp3) is 0.182. The van der Waals surface area contributed by atoms with Crippen molar-refractivity contribution in [1.29, 1.82) is 0 Å². The standard InChI is InChI=1S/C44H46O2Si2/c1-43(2,35-37-23-11-5-12-24-37)47(39-27-15-7-16-28-39,40-29-17-8-18-30-40)45-46-48(41-31-19-9-20-32-41,42-33-21-10-22-34-42)44(3,4)36-38-25-13-6-14-26-38/h5-34H,35-36H2,1-4H3. The summed E-state index contributed by atoms with van der Waals surface area (Å²) in [6.45, 7) is 9.50. The van der Waals surface area contributed by atoms with Gasteiger partial charge in [0.2, 0.25) is 0 Å². The summed E-state index contributed by atoms with van der Waals surface area (Å²) in [6, 6.07) is 65.1. The zero-order valence-corrected chi connectivity index (χ0v) is 30.6. The summed E-state index contributed by atoms with van der Waals surface area (Å²) in [5.41, 5.74) is 2.57. The van der Waals surface area contributed by atoms with E-state index >= 15 is 0 Å². The molecule has 0 aliphatic carbocycles. The molecule has 6 aromatic rings. The lowest BCUT2D eigenvalue weighted by atomic mass is 10.0. The molecule has 0 heterocycles. The summed E-state index contributed by atoms with van der Waals surface area (Å²) >= 11 is 0. The second-order valence-electron chi connectivity index (χ2n) is 14.1. The topological polar surface area (TPSA) is 18.5 Å². The normalized spacial score (nSPS) is 12.5. The lowest BCUT2D eigenvalue weighted by Gasteiger charge is -2.49. The molecule has 0 amide bonds. The van der Waals surface area contributed by atoms with Crippen LogP contribution in [0.15, 0.2) is 182 Å². The molecule has 4 heteroatoms. The Kier molecular flexibility index (Phi) is 10.1. The molecule has 0 atom stereocenters. The third kappa shape index (κ3) is 6.54. The molecule has 0 bridgehead atoms. The summed E-state index contributed by atoms with van der Waals surface area (Å²) in [7, 11) is -6.38. The van der Waals surface area contributed by atoms with Gasteiger partial charge >= 0.3 is 16.6 Å². The highest BCUT2D eigenvalue weighted by Crippen LogP contribution is 2.45. The van der Waals surface area contributed by atoms with Crippen LogP contribution in [0.2, 0.25) is 10.1 Å². The van der Waals surface area contributed by atoms with Crippen LogP contribution in [0.3, 0.4) is 0 Å². The fourth-order valence-electron chi connectivity index (χ4n) is 7.59. The molecule has 0 spiro atoms. The van der Waals surface area contributed by atoms with Gasteiger partial charge in [0, 0.05) is 0 Å². The van der Waals surface area contributed by atoms with Gasteiger partial charge in [0.05, 0.1) is 0 Å². The Bertz CT molecular complexity index is 1630. The number of benzene rings is 6. The summed E-state index contributed by atoms with van der Waals surface area (Å²) in [5.74, 6) is 0. The van der Waals surface area contributed by atoms with Crippen molar-refractivity contribution in [3.05, 3.63) is 193 Å².